The second-order valence-corrected chi connectivity index (χ2v) is 4.61. The van der Waals surface area contributed by atoms with E-state index in [1.807, 2.05) is 0 Å². The van der Waals surface area contributed by atoms with Crippen molar-refractivity contribution >= 4 is 0 Å². The van der Waals surface area contributed by atoms with Gasteiger partial charge in [-0.3, -0.25) is 0 Å². The molecule has 1 heterocycles. The van der Waals surface area contributed by atoms with Gasteiger partial charge < -0.3 is 4.74 Å². The van der Waals surface area contributed by atoms with E-state index < -0.39 is 0 Å². The molecular weight excluding hydrogens is 136 g/mol. The van der Waals surface area contributed by atoms with E-state index in [2.05, 4.69) is 27.7 Å². The molecule has 0 spiro atoms. The molecule has 0 aliphatic carbocycles. The molecule has 1 fully saturated rings. The van der Waals surface area contributed by atoms with Crippen molar-refractivity contribution in [2.45, 2.75) is 46.1 Å². The Labute approximate surface area is 70.1 Å². The SMILES string of the molecule is CC(C)C1CCOC(C)(C)C1. The summed E-state index contributed by atoms with van der Waals surface area (Å²) in [4.78, 5) is 0. The zero-order valence-corrected chi connectivity index (χ0v) is 8.18. The van der Waals surface area contributed by atoms with Crippen LogP contribution in [0, 0.1) is 11.8 Å². The van der Waals surface area contributed by atoms with Gasteiger partial charge in [-0.2, -0.15) is 0 Å². The second-order valence-electron chi connectivity index (χ2n) is 4.61. The highest BCUT2D eigenvalue weighted by atomic mass is 16.5. The van der Waals surface area contributed by atoms with Crippen molar-refractivity contribution in [3.63, 3.8) is 0 Å². The molecule has 11 heavy (non-hydrogen) atoms. The highest BCUT2D eigenvalue weighted by Crippen LogP contribution is 2.32. The van der Waals surface area contributed by atoms with Crippen LogP contribution >= 0.6 is 0 Å². The smallest absolute Gasteiger partial charge is 0.0629 e. The van der Waals surface area contributed by atoms with Crippen LogP contribution in [-0.2, 0) is 4.74 Å². The van der Waals surface area contributed by atoms with Gasteiger partial charge in [-0.15, -0.1) is 0 Å². The van der Waals surface area contributed by atoms with Gasteiger partial charge in [0.05, 0.1) is 5.60 Å². The lowest BCUT2D eigenvalue weighted by molar-refractivity contribution is -0.0799. The molecule has 0 N–H and O–H groups in total. The van der Waals surface area contributed by atoms with E-state index in [0.29, 0.717) is 0 Å². The Hall–Kier alpha value is -0.0400. The Morgan fingerprint density at radius 3 is 2.36 bits per heavy atom. The van der Waals surface area contributed by atoms with Gasteiger partial charge in [-0.05, 0) is 38.5 Å². The van der Waals surface area contributed by atoms with Crippen LogP contribution in [0.1, 0.15) is 40.5 Å². The van der Waals surface area contributed by atoms with E-state index in [-0.39, 0.29) is 5.60 Å². The second kappa shape index (κ2) is 3.14. The molecule has 1 unspecified atom stereocenters. The lowest BCUT2D eigenvalue weighted by atomic mass is 9.81. The van der Waals surface area contributed by atoms with Gasteiger partial charge in [0.2, 0.25) is 0 Å². The monoisotopic (exact) mass is 156 g/mol. The van der Waals surface area contributed by atoms with Crippen molar-refractivity contribution in [2.75, 3.05) is 6.61 Å². The Bertz CT molecular complexity index is 127. The maximum Gasteiger partial charge on any atom is 0.0629 e. The molecule has 0 aromatic heterocycles. The van der Waals surface area contributed by atoms with E-state index in [1.165, 1.54) is 12.8 Å². The minimum atomic E-state index is 0.132. The molecule has 0 amide bonds. The van der Waals surface area contributed by atoms with Crippen molar-refractivity contribution in [2.24, 2.45) is 11.8 Å². The molecule has 1 heteroatoms. The van der Waals surface area contributed by atoms with E-state index in [1.54, 1.807) is 0 Å². The molecule has 1 nitrogen and oxygen atoms in total. The predicted octanol–water partition coefficient (Wildman–Crippen LogP) is 2.85. The van der Waals surface area contributed by atoms with Gasteiger partial charge in [-0.25, -0.2) is 0 Å². The van der Waals surface area contributed by atoms with E-state index >= 15 is 0 Å². The molecule has 66 valence electrons. The molecule has 0 radical (unpaired) electrons. The zero-order valence-electron chi connectivity index (χ0n) is 8.18. The molecule has 0 aromatic rings. The van der Waals surface area contributed by atoms with Crippen molar-refractivity contribution in [1.29, 1.82) is 0 Å². The average Bonchev–Trinajstić information content (AvgIpc) is 1.85. The predicted molar refractivity (Wildman–Crippen MR) is 47.6 cm³/mol. The standard InChI is InChI=1S/C10H20O/c1-8(2)9-5-6-11-10(3,4)7-9/h8-9H,5-7H2,1-4H3. The van der Waals surface area contributed by atoms with Crippen LogP contribution in [0.2, 0.25) is 0 Å². The third-order valence-electron chi connectivity index (χ3n) is 2.68. The first-order valence-electron chi connectivity index (χ1n) is 4.65. The highest BCUT2D eigenvalue weighted by Gasteiger charge is 2.29. The van der Waals surface area contributed by atoms with Crippen LogP contribution in [0.3, 0.4) is 0 Å². The first-order valence-corrected chi connectivity index (χ1v) is 4.65. The highest BCUT2D eigenvalue weighted by molar-refractivity contribution is 4.79. The molecule has 1 atom stereocenters. The maximum atomic E-state index is 5.65. The normalized spacial score (nSPS) is 30.8. The summed E-state index contributed by atoms with van der Waals surface area (Å²) in [5.74, 6) is 1.69. The maximum absolute atomic E-state index is 5.65. The van der Waals surface area contributed by atoms with Crippen LogP contribution in [0.4, 0.5) is 0 Å². The summed E-state index contributed by atoms with van der Waals surface area (Å²) in [5, 5.41) is 0. The fourth-order valence-corrected chi connectivity index (χ4v) is 1.85. The molecule has 0 saturated carbocycles. The topological polar surface area (TPSA) is 9.23 Å². The van der Waals surface area contributed by atoms with Gasteiger partial charge in [0, 0.05) is 6.61 Å². The summed E-state index contributed by atoms with van der Waals surface area (Å²) in [5.41, 5.74) is 0.132. The van der Waals surface area contributed by atoms with Gasteiger partial charge >= 0.3 is 0 Å². The number of hydrogen-bond acceptors (Lipinski definition) is 1. The molecule has 1 rings (SSSR count). The van der Waals surface area contributed by atoms with Gasteiger partial charge in [0.15, 0.2) is 0 Å². The molecule has 1 aliphatic heterocycles. The van der Waals surface area contributed by atoms with Crippen molar-refractivity contribution in [3.8, 4) is 0 Å². The Morgan fingerprint density at radius 1 is 1.36 bits per heavy atom. The van der Waals surface area contributed by atoms with Crippen LogP contribution < -0.4 is 0 Å². The Kier molecular flexibility index (Phi) is 2.58. The van der Waals surface area contributed by atoms with Crippen LogP contribution in [0.25, 0.3) is 0 Å². The van der Waals surface area contributed by atoms with Crippen LogP contribution in [0.5, 0.6) is 0 Å². The molecule has 0 aromatic carbocycles. The fraction of sp³-hybridized carbons (Fsp3) is 1.00. The van der Waals surface area contributed by atoms with E-state index in [9.17, 15) is 0 Å². The van der Waals surface area contributed by atoms with Gasteiger partial charge in [0.1, 0.15) is 0 Å². The number of rotatable bonds is 1. The molecule has 1 aliphatic rings. The third-order valence-corrected chi connectivity index (χ3v) is 2.68. The summed E-state index contributed by atoms with van der Waals surface area (Å²) >= 11 is 0. The van der Waals surface area contributed by atoms with Gasteiger partial charge in [0.25, 0.3) is 0 Å². The Balaban J connectivity index is 2.46. The summed E-state index contributed by atoms with van der Waals surface area (Å²) in [7, 11) is 0. The summed E-state index contributed by atoms with van der Waals surface area (Å²) in [6.45, 7) is 9.97. The van der Waals surface area contributed by atoms with Crippen molar-refractivity contribution < 1.29 is 4.74 Å². The van der Waals surface area contributed by atoms with Crippen molar-refractivity contribution in [1.82, 2.24) is 0 Å². The Morgan fingerprint density at radius 2 is 2.00 bits per heavy atom. The first-order chi connectivity index (χ1) is 5.01. The lowest BCUT2D eigenvalue weighted by Crippen LogP contribution is -2.35. The van der Waals surface area contributed by atoms with Crippen LogP contribution in [-0.4, -0.2) is 12.2 Å². The largest absolute Gasteiger partial charge is 0.376 e. The molecule has 0 bridgehead atoms. The average molecular weight is 156 g/mol. The summed E-state index contributed by atoms with van der Waals surface area (Å²) < 4.78 is 5.65. The number of ether oxygens (including phenoxy) is 1. The van der Waals surface area contributed by atoms with Crippen LogP contribution in [0.15, 0.2) is 0 Å². The summed E-state index contributed by atoms with van der Waals surface area (Å²) in [6.07, 6.45) is 2.48. The van der Waals surface area contributed by atoms with Crippen molar-refractivity contribution in [3.05, 3.63) is 0 Å². The van der Waals surface area contributed by atoms with E-state index in [4.69, 9.17) is 4.74 Å². The minimum Gasteiger partial charge on any atom is -0.376 e. The fourth-order valence-electron chi connectivity index (χ4n) is 1.85. The molecule has 1 saturated heterocycles. The zero-order chi connectivity index (χ0) is 8.48. The minimum absolute atomic E-state index is 0.132. The van der Waals surface area contributed by atoms with E-state index in [0.717, 1.165) is 18.4 Å². The number of hydrogen-bond donors (Lipinski definition) is 0. The summed E-state index contributed by atoms with van der Waals surface area (Å²) in [6, 6.07) is 0. The lowest BCUT2D eigenvalue weighted by Gasteiger charge is -2.37. The first kappa shape index (κ1) is 9.05. The third kappa shape index (κ3) is 2.48. The van der Waals surface area contributed by atoms with Gasteiger partial charge in [-0.1, -0.05) is 13.8 Å². The molecular formula is C10H20O. The quantitative estimate of drug-likeness (QED) is 0.567.